The monoisotopic (exact) mass is 221 g/mol. The molecule has 4 heteroatoms. The van der Waals surface area contributed by atoms with E-state index in [-0.39, 0.29) is 11.3 Å². The molecule has 0 aromatic carbocycles. The molecule has 2 unspecified atom stereocenters. The molecule has 86 valence electrons. The van der Waals surface area contributed by atoms with E-state index in [2.05, 4.69) is 0 Å². The number of sulfone groups is 1. The quantitative estimate of drug-likeness (QED) is 0.740. The van der Waals surface area contributed by atoms with Crippen LogP contribution in [0.1, 0.15) is 40.5 Å². The van der Waals surface area contributed by atoms with Crippen LogP contribution in [-0.2, 0) is 9.84 Å². The van der Waals surface area contributed by atoms with Crippen molar-refractivity contribution >= 4 is 9.84 Å². The number of hydrogen-bond acceptors (Lipinski definition) is 3. The second-order valence-corrected chi connectivity index (χ2v) is 7.11. The third-order valence-electron chi connectivity index (χ3n) is 2.30. The molecular weight excluding hydrogens is 198 g/mol. The summed E-state index contributed by atoms with van der Waals surface area (Å²) in [5.41, 5.74) is 5.58. The molecule has 0 rings (SSSR count). The van der Waals surface area contributed by atoms with Crippen molar-refractivity contribution in [2.75, 3.05) is 5.75 Å². The van der Waals surface area contributed by atoms with Crippen LogP contribution in [-0.4, -0.2) is 25.5 Å². The van der Waals surface area contributed by atoms with Crippen molar-refractivity contribution in [1.29, 1.82) is 0 Å². The van der Waals surface area contributed by atoms with Crippen molar-refractivity contribution in [2.24, 2.45) is 11.7 Å². The minimum Gasteiger partial charge on any atom is -0.328 e. The van der Waals surface area contributed by atoms with Crippen molar-refractivity contribution in [3.05, 3.63) is 0 Å². The normalized spacial score (nSPS) is 17.0. The van der Waals surface area contributed by atoms with E-state index < -0.39 is 9.84 Å². The molecule has 0 heterocycles. The van der Waals surface area contributed by atoms with Gasteiger partial charge in [0, 0.05) is 6.04 Å². The fourth-order valence-corrected chi connectivity index (χ4v) is 3.07. The fourth-order valence-electron chi connectivity index (χ4n) is 1.27. The number of rotatable bonds is 6. The molecule has 14 heavy (non-hydrogen) atoms. The molecule has 0 aliphatic heterocycles. The van der Waals surface area contributed by atoms with E-state index in [1.54, 1.807) is 6.92 Å². The van der Waals surface area contributed by atoms with Gasteiger partial charge >= 0.3 is 0 Å². The summed E-state index contributed by atoms with van der Waals surface area (Å²) in [4.78, 5) is 0. The Labute approximate surface area is 88.0 Å². The molecule has 3 nitrogen and oxygen atoms in total. The summed E-state index contributed by atoms with van der Waals surface area (Å²) in [5, 5.41) is -0.304. The van der Waals surface area contributed by atoms with Crippen LogP contribution in [0.3, 0.4) is 0 Å². The van der Waals surface area contributed by atoms with E-state index in [0.29, 0.717) is 18.1 Å². The first-order valence-corrected chi connectivity index (χ1v) is 6.94. The van der Waals surface area contributed by atoms with Crippen LogP contribution >= 0.6 is 0 Å². The van der Waals surface area contributed by atoms with Crippen LogP contribution in [0.25, 0.3) is 0 Å². The van der Waals surface area contributed by atoms with E-state index in [0.717, 1.165) is 6.42 Å². The maximum absolute atomic E-state index is 11.7. The van der Waals surface area contributed by atoms with Gasteiger partial charge in [0.05, 0.1) is 11.0 Å². The first kappa shape index (κ1) is 13.9. The highest BCUT2D eigenvalue weighted by molar-refractivity contribution is 7.92. The Balaban J connectivity index is 4.17. The summed E-state index contributed by atoms with van der Waals surface area (Å²) in [5.74, 6) is 0.728. The molecule has 0 aromatic heterocycles. The van der Waals surface area contributed by atoms with Gasteiger partial charge < -0.3 is 5.73 Å². The van der Waals surface area contributed by atoms with Crippen LogP contribution in [0.4, 0.5) is 0 Å². The fraction of sp³-hybridized carbons (Fsp3) is 1.00. The van der Waals surface area contributed by atoms with Gasteiger partial charge in [-0.25, -0.2) is 8.42 Å². The third kappa shape index (κ3) is 5.60. The molecule has 0 aliphatic carbocycles. The standard InChI is InChI=1S/C10H23NO2S/c1-8(2)5-6-14(12,13)10(4)7-9(3)11/h8-10H,5-7,11H2,1-4H3. The van der Waals surface area contributed by atoms with Crippen LogP contribution in [0.2, 0.25) is 0 Å². The van der Waals surface area contributed by atoms with E-state index in [4.69, 9.17) is 5.73 Å². The molecule has 0 bridgehead atoms. The van der Waals surface area contributed by atoms with Crippen LogP contribution < -0.4 is 5.73 Å². The minimum absolute atomic E-state index is 0.0428. The SMILES string of the molecule is CC(C)CCS(=O)(=O)C(C)CC(C)N. The Kier molecular flexibility index (Phi) is 5.67. The predicted octanol–water partition coefficient (Wildman–Crippen LogP) is 1.57. The van der Waals surface area contributed by atoms with Gasteiger partial charge in [-0.2, -0.15) is 0 Å². The van der Waals surface area contributed by atoms with Gasteiger partial charge in [-0.3, -0.25) is 0 Å². The Morgan fingerprint density at radius 1 is 1.14 bits per heavy atom. The lowest BCUT2D eigenvalue weighted by Gasteiger charge is -2.15. The highest BCUT2D eigenvalue weighted by atomic mass is 32.2. The highest BCUT2D eigenvalue weighted by Crippen LogP contribution is 2.12. The zero-order valence-corrected chi connectivity index (χ0v) is 10.5. The van der Waals surface area contributed by atoms with Crippen molar-refractivity contribution in [3.63, 3.8) is 0 Å². The van der Waals surface area contributed by atoms with Crippen molar-refractivity contribution in [1.82, 2.24) is 0 Å². The number of hydrogen-bond donors (Lipinski definition) is 1. The molecule has 2 atom stereocenters. The second-order valence-electron chi connectivity index (χ2n) is 4.57. The van der Waals surface area contributed by atoms with E-state index in [1.807, 2.05) is 20.8 Å². The molecule has 2 N–H and O–H groups in total. The van der Waals surface area contributed by atoms with E-state index in [9.17, 15) is 8.42 Å². The molecule has 0 aromatic rings. The summed E-state index contributed by atoms with van der Waals surface area (Å²) in [6.45, 7) is 7.66. The largest absolute Gasteiger partial charge is 0.328 e. The lowest BCUT2D eigenvalue weighted by atomic mass is 10.2. The predicted molar refractivity (Wildman–Crippen MR) is 61.0 cm³/mol. The lowest BCUT2D eigenvalue weighted by Crippen LogP contribution is -2.29. The Hall–Kier alpha value is -0.0900. The van der Waals surface area contributed by atoms with Gasteiger partial charge in [0.1, 0.15) is 0 Å². The second kappa shape index (κ2) is 5.71. The van der Waals surface area contributed by atoms with E-state index >= 15 is 0 Å². The Morgan fingerprint density at radius 2 is 1.64 bits per heavy atom. The number of nitrogens with two attached hydrogens (primary N) is 1. The topological polar surface area (TPSA) is 60.2 Å². The Bertz CT molecular complexity index is 245. The van der Waals surface area contributed by atoms with Crippen molar-refractivity contribution in [3.8, 4) is 0 Å². The first-order chi connectivity index (χ1) is 6.25. The maximum Gasteiger partial charge on any atom is 0.152 e. The molecule has 0 saturated carbocycles. The molecule has 0 aliphatic rings. The zero-order chi connectivity index (χ0) is 11.4. The summed E-state index contributed by atoms with van der Waals surface area (Å²) < 4.78 is 23.4. The molecule has 0 amide bonds. The Morgan fingerprint density at radius 3 is 2.00 bits per heavy atom. The first-order valence-electron chi connectivity index (χ1n) is 5.23. The van der Waals surface area contributed by atoms with Crippen molar-refractivity contribution < 1.29 is 8.42 Å². The average Bonchev–Trinajstić information content (AvgIpc) is 1.99. The maximum atomic E-state index is 11.7. The molecule has 0 fully saturated rings. The highest BCUT2D eigenvalue weighted by Gasteiger charge is 2.21. The van der Waals surface area contributed by atoms with Crippen LogP contribution in [0.15, 0.2) is 0 Å². The van der Waals surface area contributed by atoms with Gasteiger partial charge in [0.2, 0.25) is 0 Å². The molecule has 0 spiro atoms. The summed E-state index contributed by atoms with van der Waals surface area (Å²) in [6.07, 6.45) is 1.30. The van der Waals surface area contributed by atoms with Gasteiger partial charge in [-0.1, -0.05) is 13.8 Å². The van der Waals surface area contributed by atoms with Crippen molar-refractivity contribution in [2.45, 2.75) is 51.8 Å². The van der Waals surface area contributed by atoms with E-state index in [1.165, 1.54) is 0 Å². The summed E-state index contributed by atoms with van der Waals surface area (Å²) in [6, 6.07) is -0.0428. The third-order valence-corrected chi connectivity index (χ3v) is 4.52. The molecule has 0 saturated heterocycles. The summed E-state index contributed by atoms with van der Waals surface area (Å²) in [7, 11) is -2.93. The minimum atomic E-state index is -2.93. The smallest absolute Gasteiger partial charge is 0.152 e. The average molecular weight is 221 g/mol. The molecule has 0 radical (unpaired) electrons. The van der Waals surface area contributed by atoms with Crippen LogP contribution in [0, 0.1) is 5.92 Å². The van der Waals surface area contributed by atoms with Gasteiger partial charge in [-0.05, 0) is 32.6 Å². The van der Waals surface area contributed by atoms with Gasteiger partial charge in [-0.15, -0.1) is 0 Å². The molecular formula is C10H23NO2S. The van der Waals surface area contributed by atoms with Gasteiger partial charge in [0.15, 0.2) is 9.84 Å². The zero-order valence-electron chi connectivity index (χ0n) is 9.66. The van der Waals surface area contributed by atoms with Crippen LogP contribution in [0.5, 0.6) is 0 Å². The van der Waals surface area contributed by atoms with Gasteiger partial charge in [0.25, 0.3) is 0 Å². The summed E-state index contributed by atoms with van der Waals surface area (Å²) >= 11 is 0. The lowest BCUT2D eigenvalue weighted by molar-refractivity contribution is 0.548.